The maximum absolute atomic E-state index is 12.6. The lowest BCUT2D eigenvalue weighted by atomic mass is 10.0. The molecule has 3 rings (SSSR count). The van der Waals surface area contributed by atoms with Gasteiger partial charge in [0, 0.05) is 5.56 Å². The van der Waals surface area contributed by atoms with Crippen molar-refractivity contribution in [1.82, 2.24) is 5.32 Å². The number of fused-ring (bicyclic) bond motifs is 1. The van der Waals surface area contributed by atoms with E-state index in [0.717, 1.165) is 0 Å². The molecule has 1 aliphatic rings. The van der Waals surface area contributed by atoms with Crippen molar-refractivity contribution in [3.05, 3.63) is 52.5 Å². The molecule has 1 unspecified atom stereocenters. The zero-order valence-electron chi connectivity index (χ0n) is 16.4. The molecule has 8 heteroatoms. The summed E-state index contributed by atoms with van der Waals surface area (Å²) in [6.07, 6.45) is 0. The Morgan fingerprint density at radius 3 is 2.55 bits per heavy atom. The highest BCUT2D eigenvalue weighted by molar-refractivity contribution is 6.32. The van der Waals surface area contributed by atoms with Gasteiger partial charge in [0.2, 0.25) is 6.79 Å². The second-order valence-corrected chi connectivity index (χ2v) is 7.25. The maximum atomic E-state index is 12.6. The van der Waals surface area contributed by atoms with Gasteiger partial charge in [-0.25, -0.2) is 4.79 Å². The van der Waals surface area contributed by atoms with Crippen molar-refractivity contribution in [3.8, 4) is 17.2 Å². The van der Waals surface area contributed by atoms with Crippen LogP contribution in [0.5, 0.6) is 17.2 Å². The number of benzene rings is 2. The number of halogens is 1. The van der Waals surface area contributed by atoms with Gasteiger partial charge in [-0.05, 0) is 47.9 Å². The summed E-state index contributed by atoms with van der Waals surface area (Å²) in [6, 6.07) is 9.19. The maximum Gasteiger partial charge on any atom is 0.329 e. The molecule has 1 amide bonds. The van der Waals surface area contributed by atoms with E-state index in [1.54, 1.807) is 43.5 Å². The first-order valence-electron chi connectivity index (χ1n) is 9.08. The molecule has 2 aromatic rings. The van der Waals surface area contributed by atoms with Crippen LogP contribution in [0.25, 0.3) is 0 Å². The molecule has 154 valence electrons. The predicted octanol–water partition coefficient (Wildman–Crippen LogP) is 3.58. The Balaban J connectivity index is 1.63. The SMILES string of the molecule is COc1ccc(C(=O)NC(C(=O)OCc2cc(Cl)c3c(c2)OCO3)C(C)C)cc1. The summed E-state index contributed by atoms with van der Waals surface area (Å²) in [6.45, 7) is 3.76. The third-order valence-corrected chi connectivity index (χ3v) is 4.71. The number of carbonyl (C=O) groups excluding carboxylic acids is 2. The van der Waals surface area contributed by atoms with Crippen molar-refractivity contribution < 1.29 is 28.5 Å². The minimum absolute atomic E-state index is 0.00316. The zero-order chi connectivity index (χ0) is 21.0. The standard InChI is InChI=1S/C21H22ClNO6/c1-12(2)18(23-20(24)14-4-6-15(26-3)7-5-14)21(25)27-10-13-8-16(22)19-17(9-13)28-11-29-19/h4-9,12,18H,10-11H2,1-3H3,(H,23,24). The lowest BCUT2D eigenvalue weighted by Gasteiger charge is -2.21. The van der Waals surface area contributed by atoms with Crippen LogP contribution in [-0.4, -0.2) is 31.8 Å². The van der Waals surface area contributed by atoms with Gasteiger partial charge in [0.05, 0.1) is 12.1 Å². The van der Waals surface area contributed by atoms with E-state index in [9.17, 15) is 9.59 Å². The van der Waals surface area contributed by atoms with Crippen LogP contribution in [0.1, 0.15) is 29.8 Å². The molecule has 0 bridgehead atoms. The summed E-state index contributed by atoms with van der Waals surface area (Å²) in [4.78, 5) is 25.1. The number of methoxy groups -OCH3 is 1. The van der Waals surface area contributed by atoms with E-state index in [0.29, 0.717) is 33.4 Å². The Hall–Kier alpha value is -2.93. The van der Waals surface area contributed by atoms with Crippen molar-refractivity contribution in [2.24, 2.45) is 5.92 Å². The van der Waals surface area contributed by atoms with Crippen LogP contribution in [0.2, 0.25) is 5.02 Å². The molecule has 2 aromatic carbocycles. The molecule has 7 nitrogen and oxygen atoms in total. The summed E-state index contributed by atoms with van der Waals surface area (Å²) in [7, 11) is 1.55. The smallest absolute Gasteiger partial charge is 0.329 e. The average molecular weight is 420 g/mol. The van der Waals surface area contributed by atoms with Gasteiger partial charge in [0.15, 0.2) is 11.5 Å². The molecule has 0 saturated heterocycles. The first-order chi connectivity index (χ1) is 13.9. The van der Waals surface area contributed by atoms with Crippen LogP contribution in [0.3, 0.4) is 0 Å². The minimum atomic E-state index is -0.797. The highest BCUT2D eigenvalue weighted by Crippen LogP contribution is 2.39. The van der Waals surface area contributed by atoms with E-state index in [2.05, 4.69) is 5.32 Å². The van der Waals surface area contributed by atoms with Gasteiger partial charge in [0.25, 0.3) is 5.91 Å². The van der Waals surface area contributed by atoms with E-state index < -0.39 is 12.0 Å². The molecular weight excluding hydrogens is 398 g/mol. The average Bonchev–Trinajstić information content (AvgIpc) is 3.19. The third-order valence-electron chi connectivity index (χ3n) is 4.43. The second-order valence-electron chi connectivity index (χ2n) is 6.84. The fourth-order valence-electron chi connectivity index (χ4n) is 2.81. The van der Waals surface area contributed by atoms with Crippen molar-refractivity contribution >= 4 is 23.5 Å². The largest absolute Gasteiger partial charge is 0.497 e. The number of esters is 1. The molecule has 1 aliphatic heterocycles. The predicted molar refractivity (Wildman–Crippen MR) is 106 cm³/mol. The first-order valence-corrected chi connectivity index (χ1v) is 9.46. The molecule has 1 atom stereocenters. The molecule has 1 N–H and O–H groups in total. The fourth-order valence-corrected chi connectivity index (χ4v) is 3.10. The van der Waals surface area contributed by atoms with Crippen molar-refractivity contribution in [1.29, 1.82) is 0 Å². The van der Waals surface area contributed by atoms with Gasteiger partial charge in [-0.1, -0.05) is 25.4 Å². The Morgan fingerprint density at radius 1 is 1.17 bits per heavy atom. The second kappa shape index (κ2) is 9.05. The molecule has 0 fully saturated rings. The molecule has 29 heavy (non-hydrogen) atoms. The highest BCUT2D eigenvalue weighted by atomic mass is 35.5. The van der Waals surface area contributed by atoms with E-state index in [-0.39, 0.29) is 25.2 Å². The monoisotopic (exact) mass is 419 g/mol. The Morgan fingerprint density at radius 2 is 1.90 bits per heavy atom. The van der Waals surface area contributed by atoms with Gasteiger partial charge < -0.3 is 24.3 Å². The summed E-state index contributed by atoms with van der Waals surface area (Å²) in [5.41, 5.74) is 1.09. The summed E-state index contributed by atoms with van der Waals surface area (Å²) in [5, 5.41) is 3.12. The van der Waals surface area contributed by atoms with Crippen LogP contribution in [-0.2, 0) is 16.1 Å². The van der Waals surface area contributed by atoms with Crippen LogP contribution < -0.4 is 19.5 Å². The van der Waals surface area contributed by atoms with Crippen molar-refractivity contribution in [2.45, 2.75) is 26.5 Å². The third kappa shape index (κ3) is 4.92. The van der Waals surface area contributed by atoms with Crippen molar-refractivity contribution in [2.75, 3.05) is 13.9 Å². The van der Waals surface area contributed by atoms with Gasteiger partial charge in [-0.2, -0.15) is 0 Å². The topological polar surface area (TPSA) is 83.1 Å². The van der Waals surface area contributed by atoms with Gasteiger partial charge in [0.1, 0.15) is 18.4 Å². The molecule has 0 aliphatic carbocycles. The van der Waals surface area contributed by atoms with E-state index in [1.807, 2.05) is 13.8 Å². The van der Waals surface area contributed by atoms with Crippen LogP contribution in [0.4, 0.5) is 0 Å². The summed E-state index contributed by atoms with van der Waals surface area (Å²) in [5.74, 6) is 0.573. The lowest BCUT2D eigenvalue weighted by molar-refractivity contribution is -0.148. The number of hydrogen-bond donors (Lipinski definition) is 1. The summed E-state index contributed by atoms with van der Waals surface area (Å²) < 4.78 is 21.1. The lowest BCUT2D eigenvalue weighted by Crippen LogP contribution is -2.45. The Bertz CT molecular complexity index is 897. The normalized spacial score (nSPS) is 13.1. The molecule has 1 heterocycles. The Kier molecular flexibility index (Phi) is 6.49. The van der Waals surface area contributed by atoms with Gasteiger partial charge in [-0.15, -0.1) is 0 Å². The number of carbonyl (C=O) groups is 2. The molecule has 0 radical (unpaired) electrons. The zero-order valence-corrected chi connectivity index (χ0v) is 17.1. The van der Waals surface area contributed by atoms with Gasteiger partial charge in [-0.3, -0.25) is 4.79 Å². The highest BCUT2D eigenvalue weighted by Gasteiger charge is 2.27. The number of ether oxygens (including phenoxy) is 4. The number of rotatable bonds is 7. The van der Waals surface area contributed by atoms with Crippen LogP contribution in [0.15, 0.2) is 36.4 Å². The van der Waals surface area contributed by atoms with Crippen molar-refractivity contribution in [3.63, 3.8) is 0 Å². The van der Waals surface area contributed by atoms with E-state index in [4.69, 9.17) is 30.5 Å². The number of amides is 1. The molecule has 0 spiro atoms. The van der Waals surface area contributed by atoms with E-state index in [1.165, 1.54) is 0 Å². The first kappa shape index (κ1) is 20.8. The minimum Gasteiger partial charge on any atom is -0.497 e. The fraction of sp³-hybridized carbons (Fsp3) is 0.333. The molecule has 0 aromatic heterocycles. The quantitative estimate of drug-likeness (QED) is 0.691. The Labute approximate surface area is 173 Å². The summed E-state index contributed by atoms with van der Waals surface area (Å²) >= 11 is 6.15. The van der Waals surface area contributed by atoms with Crippen LogP contribution >= 0.6 is 11.6 Å². The van der Waals surface area contributed by atoms with E-state index >= 15 is 0 Å². The van der Waals surface area contributed by atoms with Crippen LogP contribution in [0, 0.1) is 5.92 Å². The number of hydrogen-bond acceptors (Lipinski definition) is 6. The number of nitrogens with one attached hydrogen (secondary N) is 1. The van der Waals surface area contributed by atoms with Gasteiger partial charge >= 0.3 is 5.97 Å². The molecular formula is C21H22ClNO6. The molecule has 0 saturated carbocycles.